The van der Waals surface area contributed by atoms with Crippen molar-refractivity contribution < 1.29 is 14.2 Å². The highest BCUT2D eigenvalue weighted by atomic mass is 79.9. The Labute approximate surface area is 136 Å². The van der Waals surface area contributed by atoms with E-state index in [1.807, 2.05) is 6.07 Å². The van der Waals surface area contributed by atoms with Crippen molar-refractivity contribution in [3.8, 4) is 34.4 Å². The second-order valence-electron chi connectivity index (χ2n) is 4.37. The number of hydrogen-bond donors (Lipinski definition) is 2. The molecule has 0 unspecified atom stereocenters. The molecule has 0 aliphatic rings. The van der Waals surface area contributed by atoms with Gasteiger partial charge in [-0.05, 0) is 28.1 Å². The second-order valence-corrected chi connectivity index (χ2v) is 5.16. The van der Waals surface area contributed by atoms with E-state index in [9.17, 15) is 5.26 Å². The summed E-state index contributed by atoms with van der Waals surface area (Å²) in [6.45, 7) is 0.257. The lowest BCUT2D eigenvalue weighted by Gasteiger charge is -2.16. The first kappa shape index (κ1) is 16.2. The molecule has 2 aromatic rings. The molecule has 2 rings (SSSR count). The predicted molar refractivity (Wildman–Crippen MR) is 86.2 cm³/mol. The summed E-state index contributed by atoms with van der Waals surface area (Å²) in [6.07, 6.45) is 0. The molecule has 0 radical (unpaired) electrons. The fourth-order valence-electron chi connectivity index (χ4n) is 2.33. The number of nitrogens with zero attached hydrogens (tertiary/aromatic N) is 1. The number of nitriles is 1. The van der Waals surface area contributed by atoms with E-state index in [0.717, 1.165) is 16.8 Å². The van der Waals surface area contributed by atoms with E-state index in [2.05, 4.69) is 27.0 Å². The van der Waals surface area contributed by atoms with Crippen LogP contribution >= 0.6 is 15.9 Å². The molecule has 0 fully saturated rings. The third-order valence-electron chi connectivity index (χ3n) is 3.31. The molecule has 7 heteroatoms. The largest absolute Gasteiger partial charge is 0.493 e. The zero-order valence-corrected chi connectivity index (χ0v) is 14.1. The summed E-state index contributed by atoms with van der Waals surface area (Å²) < 4.78 is 16.8. The number of aromatic amines is 1. The Morgan fingerprint density at radius 2 is 1.86 bits per heavy atom. The maximum atomic E-state index is 9.18. The van der Waals surface area contributed by atoms with Crippen molar-refractivity contribution in [3.63, 3.8) is 0 Å². The molecular weight excluding hydrogens is 350 g/mol. The number of halogens is 1. The number of methoxy groups -OCH3 is 3. The van der Waals surface area contributed by atoms with E-state index in [-0.39, 0.29) is 6.54 Å². The van der Waals surface area contributed by atoms with Gasteiger partial charge in [0.15, 0.2) is 11.5 Å². The molecule has 116 valence electrons. The van der Waals surface area contributed by atoms with Crippen molar-refractivity contribution in [2.24, 2.45) is 5.73 Å². The average Bonchev–Trinajstić information content (AvgIpc) is 2.88. The average molecular weight is 366 g/mol. The molecular formula is C15H16BrN3O3. The van der Waals surface area contributed by atoms with Gasteiger partial charge in [-0.25, -0.2) is 0 Å². The molecule has 1 aromatic carbocycles. The highest BCUT2D eigenvalue weighted by Gasteiger charge is 2.23. The second kappa shape index (κ2) is 6.73. The maximum absolute atomic E-state index is 9.18. The van der Waals surface area contributed by atoms with E-state index in [1.165, 1.54) is 0 Å². The van der Waals surface area contributed by atoms with Crippen LogP contribution in [0.2, 0.25) is 0 Å². The van der Waals surface area contributed by atoms with Crippen LogP contribution in [0.5, 0.6) is 17.2 Å². The first-order valence-corrected chi connectivity index (χ1v) is 7.22. The molecule has 1 aromatic heterocycles. The van der Waals surface area contributed by atoms with Gasteiger partial charge in [0.1, 0.15) is 11.8 Å². The first-order valence-electron chi connectivity index (χ1n) is 6.42. The third kappa shape index (κ3) is 2.51. The van der Waals surface area contributed by atoms with E-state index in [4.69, 9.17) is 19.9 Å². The molecule has 3 N–H and O–H groups in total. The fraction of sp³-hybridized carbons (Fsp3) is 0.267. The van der Waals surface area contributed by atoms with E-state index >= 15 is 0 Å². The number of aromatic nitrogens is 1. The molecule has 0 saturated heterocycles. The van der Waals surface area contributed by atoms with Crippen LogP contribution in [0.25, 0.3) is 11.1 Å². The van der Waals surface area contributed by atoms with Crippen molar-refractivity contribution in [2.75, 3.05) is 21.3 Å². The normalized spacial score (nSPS) is 10.2. The number of rotatable bonds is 5. The molecule has 0 bridgehead atoms. The van der Waals surface area contributed by atoms with Crippen molar-refractivity contribution in [3.05, 3.63) is 28.0 Å². The summed E-state index contributed by atoms with van der Waals surface area (Å²) in [6, 6.07) is 5.72. The van der Waals surface area contributed by atoms with Crippen LogP contribution in [-0.2, 0) is 6.54 Å². The van der Waals surface area contributed by atoms with Crippen LogP contribution < -0.4 is 19.9 Å². The maximum Gasteiger partial charge on any atom is 0.203 e. The highest BCUT2D eigenvalue weighted by Crippen LogP contribution is 2.47. The SMILES string of the molecule is COc1ccc(-c2c(CN)[nH]c(C#N)c2Br)c(OC)c1OC. The van der Waals surface area contributed by atoms with E-state index < -0.39 is 0 Å². The molecule has 0 spiro atoms. The van der Waals surface area contributed by atoms with Crippen molar-refractivity contribution in [1.82, 2.24) is 4.98 Å². The van der Waals surface area contributed by atoms with Crippen molar-refractivity contribution >= 4 is 15.9 Å². The Bertz CT molecular complexity index is 735. The van der Waals surface area contributed by atoms with Gasteiger partial charge in [0.2, 0.25) is 5.75 Å². The van der Waals surface area contributed by atoms with Gasteiger partial charge >= 0.3 is 0 Å². The van der Waals surface area contributed by atoms with Gasteiger partial charge in [-0.3, -0.25) is 0 Å². The van der Waals surface area contributed by atoms with Gasteiger partial charge in [0.25, 0.3) is 0 Å². The molecule has 6 nitrogen and oxygen atoms in total. The van der Waals surface area contributed by atoms with Gasteiger partial charge < -0.3 is 24.9 Å². The lowest BCUT2D eigenvalue weighted by atomic mass is 10.0. The smallest absolute Gasteiger partial charge is 0.203 e. The monoisotopic (exact) mass is 365 g/mol. The predicted octanol–water partition coefficient (Wildman–Crippen LogP) is 2.80. The van der Waals surface area contributed by atoms with Crippen molar-refractivity contribution in [2.45, 2.75) is 6.54 Å². The van der Waals surface area contributed by atoms with Crippen LogP contribution in [-0.4, -0.2) is 26.3 Å². The van der Waals surface area contributed by atoms with Crippen LogP contribution in [0.3, 0.4) is 0 Å². The number of benzene rings is 1. The lowest BCUT2D eigenvalue weighted by Crippen LogP contribution is -2.01. The van der Waals surface area contributed by atoms with Crippen LogP contribution in [0, 0.1) is 11.3 Å². The Morgan fingerprint density at radius 1 is 1.18 bits per heavy atom. The summed E-state index contributed by atoms with van der Waals surface area (Å²) in [5.74, 6) is 1.56. The summed E-state index contributed by atoms with van der Waals surface area (Å²) in [7, 11) is 4.65. The molecule has 0 aliphatic carbocycles. The minimum atomic E-state index is 0.257. The standard InChI is InChI=1S/C15H16BrN3O3/c1-20-11-5-4-8(14(21-2)15(11)22-3)12-9(6-17)19-10(7-18)13(12)16/h4-5,19H,6,17H2,1-3H3. The zero-order valence-electron chi connectivity index (χ0n) is 12.5. The minimum absolute atomic E-state index is 0.257. The summed E-state index contributed by atoms with van der Waals surface area (Å²) in [5.41, 5.74) is 8.45. The third-order valence-corrected chi connectivity index (χ3v) is 4.10. The zero-order chi connectivity index (χ0) is 16.3. The van der Waals surface area contributed by atoms with Crippen molar-refractivity contribution in [1.29, 1.82) is 5.26 Å². The minimum Gasteiger partial charge on any atom is -0.493 e. The number of hydrogen-bond acceptors (Lipinski definition) is 5. The van der Waals surface area contributed by atoms with Gasteiger partial charge in [0, 0.05) is 23.4 Å². The Kier molecular flexibility index (Phi) is 4.96. The van der Waals surface area contributed by atoms with Crippen LogP contribution in [0.1, 0.15) is 11.4 Å². The van der Waals surface area contributed by atoms with E-state index in [0.29, 0.717) is 27.4 Å². The Hall–Kier alpha value is -2.17. The molecule has 1 heterocycles. The van der Waals surface area contributed by atoms with Crippen LogP contribution in [0.4, 0.5) is 0 Å². The van der Waals surface area contributed by atoms with Crippen LogP contribution in [0.15, 0.2) is 16.6 Å². The molecule has 0 atom stereocenters. The number of ether oxygens (including phenoxy) is 3. The fourth-order valence-corrected chi connectivity index (χ4v) is 2.98. The quantitative estimate of drug-likeness (QED) is 0.849. The summed E-state index contributed by atoms with van der Waals surface area (Å²) in [4.78, 5) is 3.00. The summed E-state index contributed by atoms with van der Waals surface area (Å²) in [5, 5.41) is 9.18. The van der Waals surface area contributed by atoms with Gasteiger partial charge in [-0.2, -0.15) is 5.26 Å². The number of nitrogens with one attached hydrogen (secondary N) is 1. The van der Waals surface area contributed by atoms with E-state index in [1.54, 1.807) is 27.4 Å². The number of nitrogens with two attached hydrogens (primary N) is 1. The highest BCUT2D eigenvalue weighted by molar-refractivity contribution is 9.10. The topological polar surface area (TPSA) is 93.3 Å². The Morgan fingerprint density at radius 3 is 2.36 bits per heavy atom. The molecule has 0 saturated carbocycles. The van der Waals surface area contributed by atoms with Gasteiger partial charge in [-0.15, -0.1) is 0 Å². The van der Waals surface area contributed by atoms with Gasteiger partial charge in [0.05, 0.1) is 25.8 Å². The first-order chi connectivity index (χ1) is 10.6. The number of H-pyrrole nitrogens is 1. The van der Waals surface area contributed by atoms with Gasteiger partial charge in [-0.1, -0.05) is 0 Å². The molecule has 0 amide bonds. The Balaban J connectivity index is 2.79. The lowest BCUT2D eigenvalue weighted by molar-refractivity contribution is 0.325. The summed E-state index contributed by atoms with van der Waals surface area (Å²) >= 11 is 3.45. The molecule has 22 heavy (non-hydrogen) atoms. The molecule has 0 aliphatic heterocycles.